The van der Waals surface area contributed by atoms with Gasteiger partial charge in [0.15, 0.2) is 12.3 Å². The van der Waals surface area contributed by atoms with Gasteiger partial charge in [0.1, 0.15) is 24.9 Å². The number of aliphatic hydroxyl groups excluding tert-OH is 3. The number of ether oxygens (including phenoxy) is 1. The second kappa shape index (κ2) is 5.83. The van der Waals surface area contributed by atoms with Gasteiger partial charge in [-0.25, -0.2) is 0 Å². The van der Waals surface area contributed by atoms with Gasteiger partial charge < -0.3 is 25.2 Å². The van der Waals surface area contributed by atoms with Crippen LogP contribution < -0.4 is 4.57 Å². The number of aromatic nitrogens is 1. The maximum atomic E-state index is 9.94. The molecule has 1 fully saturated rings. The van der Waals surface area contributed by atoms with E-state index in [4.69, 9.17) is 4.74 Å². The minimum absolute atomic E-state index is 0.0669. The molecule has 19 heavy (non-hydrogen) atoms. The molecule has 0 bridgehead atoms. The van der Waals surface area contributed by atoms with E-state index in [1.54, 1.807) is 10.6 Å². The SMILES string of the molecule is CCC1OC(C[n+]2cc(O)ccc2CO)C(O)C1O. The third-order valence-electron chi connectivity index (χ3n) is 3.51. The van der Waals surface area contributed by atoms with Gasteiger partial charge in [-0.1, -0.05) is 6.92 Å². The van der Waals surface area contributed by atoms with Crippen molar-refractivity contribution in [3.8, 4) is 5.75 Å². The van der Waals surface area contributed by atoms with E-state index >= 15 is 0 Å². The van der Waals surface area contributed by atoms with E-state index in [0.29, 0.717) is 12.1 Å². The molecular formula is C13H20NO5+. The summed E-state index contributed by atoms with van der Waals surface area (Å²) in [6, 6.07) is 3.09. The first-order valence-corrected chi connectivity index (χ1v) is 6.40. The third kappa shape index (κ3) is 2.87. The smallest absolute Gasteiger partial charge is 0.211 e. The molecule has 0 radical (unpaired) electrons. The fourth-order valence-corrected chi connectivity index (χ4v) is 2.38. The molecule has 0 aromatic carbocycles. The maximum Gasteiger partial charge on any atom is 0.211 e. The van der Waals surface area contributed by atoms with E-state index in [2.05, 4.69) is 0 Å². The van der Waals surface area contributed by atoms with E-state index < -0.39 is 18.3 Å². The second-order valence-corrected chi connectivity index (χ2v) is 4.79. The van der Waals surface area contributed by atoms with Crippen LogP contribution in [-0.4, -0.2) is 44.8 Å². The first kappa shape index (κ1) is 14.2. The van der Waals surface area contributed by atoms with E-state index in [1.807, 2.05) is 6.92 Å². The molecule has 4 atom stereocenters. The molecule has 0 spiro atoms. The minimum atomic E-state index is -0.966. The van der Waals surface area contributed by atoms with E-state index in [9.17, 15) is 20.4 Å². The van der Waals surface area contributed by atoms with Crippen LogP contribution in [0.3, 0.4) is 0 Å². The topological polar surface area (TPSA) is 94.0 Å². The number of hydrogen-bond donors (Lipinski definition) is 4. The number of hydrogen-bond acceptors (Lipinski definition) is 5. The predicted octanol–water partition coefficient (Wildman–Crippen LogP) is -0.929. The van der Waals surface area contributed by atoms with Crippen molar-refractivity contribution in [1.82, 2.24) is 0 Å². The molecule has 0 aliphatic carbocycles. The lowest BCUT2D eigenvalue weighted by Gasteiger charge is -2.12. The van der Waals surface area contributed by atoms with Crippen LogP contribution in [0.15, 0.2) is 18.3 Å². The summed E-state index contributed by atoms with van der Waals surface area (Å²) >= 11 is 0. The van der Waals surface area contributed by atoms with E-state index in [-0.39, 0.29) is 25.0 Å². The van der Waals surface area contributed by atoms with Gasteiger partial charge in [-0.3, -0.25) is 0 Å². The molecule has 4 N–H and O–H groups in total. The summed E-state index contributed by atoms with van der Waals surface area (Å²) in [6.45, 7) is 1.96. The van der Waals surface area contributed by atoms with Gasteiger partial charge in [0.2, 0.25) is 11.9 Å². The number of pyridine rings is 1. The van der Waals surface area contributed by atoms with Crippen molar-refractivity contribution in [1.29, 1.82) is 0 Å². The summed E-state index contributed by atoms with van der Waals surface area (Å²) < 4.78 is 7.21. The number of aromatic hydroxyl groups is 1. The van der Waals surface area contributed by atoms with Gasteiger partial charge in [0, 0.05) is 6.07 Å². The Labute approximate surface area is 111 Å². The van der Waals surface area contributed by atoms with Crippen molar-refractivity contribution >= 4 is 0 Å². The molecule has 4 unspecified atom stereocenters. The molecule has 1 aliphatic heterocycles. The van der Waals surface area contributed by atoms with E-state index in [1.165, 1.54) is 12.3 Å². The number of nitrogens with zero attached hydrogens (tertiary/aromatic N) is 1. The van der Waals surface area contributed by atoms with Crippen molar-refractivity contribution in [2.45, 2.75) is 50.9 Å². The lowest BCUT2D eigenvalue weighted by atomic mass is 10.1. The average Bonchev–Trinajstić information content (AvgIpc) is 2.67. The molecule has 6 heteroatoms. The number of aliphatic hydroxyl groups is 3. The molecule has 2 heterocycles. The summed E-state index contributed by atoms with van der Waals surface area (Å²) in [5.74, 6) is 0.0669. The zero-order valence-electron chi connectivity index (χ0n) is 10.8. The van der Waals surface area contributed by atoms with Crippen LogP contribution in [0.2, 0.25) is 0 Å². The molecule has 106 valence electrons. The van der Waals surface area contributed by atoms with Gasteiger partial charge in [0.25, 0.3) is 0 Å². The molecule has 0 saturated carbocycles. The van der Waals surface area contributed by atoms with Crippen molar-refractivity contribution in [3.63, 3.8) is 0 Å². The number of rotatable bonds is 4. The highest BCUT2D eigenvalue weighted by Gasteiger charge is 2.43. The van der Waals surface area contributed by atoms with Gasteiger partial charge in [-0.15, -0.1) is 0 Å². The summed E-state index contributed by atoms with van der Waals surface area (Å²) in [4.78, 5) is 0. The Balaban J connectivity index is 2.15. The summed E-state index contributed by atoms with van der Waals surface area (Å²) in [5, 5.41) is 38.5. The molecule has 6 nitrogen and oxygen atoms in total. The lowest BCUT2D eigenvalue weighted by molar-refractivity contribution is -0.713. The fraction of sp³-hybridized carbons (Fsp3) is 0.615. The van der Waals surface area contributed by atoms with Gasteiger partial charge >= 0.3 is 0 Å². The van der Waals surface area contributed by atoms with Crippen LogP contribution in [0.1, 0.15) is 19.0 Å². The highest BCUT2D eigenvalue weighted by molar-refractivity contribution is 5.13. The minimum Gasteiger partial charge on any atom is -0.503 e. The highest BCUT2D eigenvalue weighted by atomic mass is 16.5. The normalized spacial score (nSPS) is 30.7. The van der Waals surface area contributed by atoms with Crippen LogP contribution in [0.25, 0.3) is 0 Å². The van der Waals surface area contributed by atoms with Gasteiger partial charge in [-0.2, -0.15) is 4.57 Å². The Hall–Kier alpha value is -1.21. The highest BCUT2D eigenvalue weighted by Crippen LogP contribution is 2.23. The van der Waals surface area contributed by atoms with Crippen molar-refractivity contribution in [2.75, 3.05) is 0 Å². The van der Waals surface area contributed by atoms with Crippen LogP contribution in [0.4, 0.5) is 0 Å². The Morgan fingerprint density at radius 1 is 1.21 bits per heavy atom. The van der Waals surface area contributed by atoms with Crippen LogP contribution >= 0.6 is 0 Å². The quantitative estimate of drug-likeness (QED) is 0.530. The molecule has 0 amide bonds. The van der Waals surface area contributed by atoms with Gasteiger partial charge in [0.05, 0.1) is 6.10 Å². The van der Waals surface area contributed by atoms with Crippen LogP contribution in [0.5, 0.6) is 5.75 Å². The second-order valence-electron chi connectivity index (χ2n) is 4.79. The Morgan fingerprint density at radius 2 is 1.89 bits per heavy atom. The first-order valence-electron chi connectivity index (χ1n) is 6.40. The zero-order valence-corrected chi connectivity index (χ0v) is 10.8. The monoisotopic (exact) mass is 270 g/mol. The van der Waals surface area contributed by atoms with E-state index in [0.717, 1.165) is 0 Å². The molecule has 2 rings (SSSR count). The maximum absolute atomic E-state index is 9.94. The summed E-state index contributed by atoms with van der Waals surface area (Å²) in [6.07, 6.45) is -0.719. The van der Waals surface area contributed by atoms with Crippen molar-refractivity contribution < 1.29 is 29.7 Å². The Morgan fingerprint density at radius 3 is 2.47 bits per heavy atom. The van der Waals surface area contributed by atoms with Crippen molar-refractivity contribution in [2.24, 2.45) is 0 Å². The van der Waals surface area contributed by atoms with Crippen LogP contribution in [-0.2, 0) is 17.9 Å². The molecule has 1 saturated heterocycles. The van der Waals surface area contributed by atoms with Gasteiger partial charge in [-0.05, 0) is 12.5 Å². The summed E-state index contributed by atoms with van der Waals surface area (Å²) in [7, 11) is 0. The lowest BCUT2D eigenvalue weighted by Crippen LogP contribution is -2.47. The Bertz CT molecular complexity index is 439. The predicted molar refractivity (Wildman–Crippen MR) is 65.2 cm³/mol. The summed E-state index contributed by atoms with van der Waals surface area (Å²) in [5.41, 5.74) is 0.600. The van der Waals surface area contributed by atoms with Crippen LogP contribution in [0, 0.1) is 0 Å². The fourth-order valence-electron chi connectivity index (χ4n) is 2.38. The average molecular weight is 270 g/mol. The molecule has 1 aromatic heterocycles. The Kier molecular flexibility index (Phi) is 4.36. The largest absolute Gasteiger partial charge is 0.503 e. The first-order chi connectivity index (χ1) is 9.06. The molecular weight excluding hydrogens is 250 g/mol. The molecule has 1 aliphatic rings. The zero-order chi connectivity index (χ0) is 14.0. The third-order valence-corrected chi connectivity index (χ3v) is 3.51. The molecule has 1 aromatic rings. The van der Waals surface area contributed by atoms with Crippen molar-refractivity contribution in [3.05, 3.63) is 24.0 Å². The standard InChI is InChI=1S/C13H19NO5/c1-2-10-12(17)13(18)11(19-10)6-14-5-9(16)4-3-8(14)7-15/h3-5,10-13,15,17-18H,2,6-7H2,1H3/p+1.